The summed E-state index contributed by atoms with van der Waals surface area (Å²) in [6.45, 7) is 12.0. The predicted octanol–water partition coefficient (Wildman–Crippen LogP) is -2.21. The van der Waals surface area contributed by atoms with Gasteiger partial charge >= 0.3 is 16.4 Å². The molecule has 28 atom stereocenters. The van der Waals surface area contributed by atoms with Gasteiger partial charge in [0, 0.05) is 0 Å². The van der Waals surface area contributed by atoms with E-state index in [0.717, 1.165) is 18.4 Å². The van der Waals surface area contributed by atoms with E-state index in [1.165, 1.54) is 0 Å². The molecule has 4 heterocycles. The van der Waals surface area contributed by atoms with Gasteiger partial charge < -0.3 is 104 Å². The molecule has 9 aliphatic rings. The van der Waals surface area contributed by atoms with E-state index in [1.807, 2.05) is 13.8 Å². The first-order valence-electron chi connectivity index (χ1n) is 28.5. The molecule has 14 N–H and O–H groups in total. The zero-order valence-electron chi connectivity index (χ0n) is 46.9. The zero-order valence-corrected chi connectivity index (χ0v) is 47.7. The van der Waals surface area contributed by atoms with Crippen molar-refractivity contribution in [3.63, 3.8) is 0 Å². The highest BCUT2D eigenvalue weighted by Gasteiger charge is 2.70. The highest BCUT2D eigenvalue weighted by atomic mass is 32.3. The monoisotopic (exact) mass is 1180 g/mol. The second-order valence-corrected chi connectivity index (χ2v) is 27.9. The minimum absolute atomic E-state index is 0.0711. The van der Waals surface area contributed by atoms with Crippen molar-refractivity contribution in [3.05, 3.63) is 11.6 Å². The van der Waals surface area contributed by atoms with Crippen LogP contribution in [-0.2, 0) is 57.3 Å². The third kappa shape index (κ3) is 11.0. The molecular formula is C54H88O26S. The molecule has 4 saturated heterocycles. The number of rotatable bonds is 14. The normalized spacial score (nSPS) is 51.6. The first-order valence-corrected chi connectivity index (χ1v) is 29.9. The van der Waals surface area contributed by atoms with Gasteiger partial charge in [-0.2, -0.15) is 8.42 Å². The summed E-state index contributed by atoms with van der Waals surface area (Å²) in [6, 6.07) is 0. The standard InChI is InChI=1S/C54H88O26S/c1-49(2)14-16-54(17-15-52(6)23(24(54)18-49)8-9-30-51(5)12-11-31(80-81(69,70)71)50(3,4)29(51)10-13-53(30,52)7)48(68)79-47-43(39(65)34(60)27(21-57)75-47)78-46-42(38(64)33(59)26(20-56)74-46)77-45-41(67)37(63)35(61)28(76-45)22-72-44-40(66)36(62)32(58)25(19-55)73-44/h8,24-47,55-67H,9-22H2,1-7H3,(H,69,70,71)/t24-,25-,26-,27-,28-,29+,30-,31+,32-,33-,34-,35-,36+,37+,38+,39+,40-,41-,42-,43-,44-,45+,46+,47+,51+,52-,53-,54-/m1/s1. The summed E-state index contributed by atoms with van der Waals surface area (Å²) in [7, 11) is -4.69. The largest absolute Gasteiger partial charge is 0.432 e. The van der Waals surface area contributed by atoms with Crippen LogP contribution in [0.2, 0.25) is 0 Å². The molecule has 0 aromatic carbocycles. The van der Waals surface area contributed by atoms with Crippen molar-refractivity contribution in [2.24, 2.45) is 50.2 Å². The van der Waals surface area contributed by atoms with E-state index in [-0.39, 0.29) is 34.0 Å². The van der Waals surface area contributed by atoms with E-state index in [2.05, 4.69) is 40.7 Å². The number of ether oxygens (including phenoxy) is 8. The molecule has 9 rings (SSSR count). The Hall–Kier alpha value is -1.72. The number of carbonyl (C=O) groups is 1. The van der Waals surface area contributed by atoms with Crippen LogP contribution in [0.25, 0.3) is 0 Å². The molecule has 8 fully saturated rings. The Balaban J connectivity index is 0.975. The van der Waals surface area contributed by atoms with Gasteiger partial charge in [0.25, 0.3) is 0 Å². The quantitative estimate of drug-likeness (QED) is 0.0498. The third-order valence-electron chi connectivity index (χ3n) is 21.6. The summed E-state index contributed by atoms with van der Waals surface area (Å²) < 4.78 is 86.3. The van der Waals surface area contributed by atoms with Crippen LogP contribution in [0.5, 0.6) is 0 Å². The van der Waals surface area contributed by atoms with Crippen molar-refractivity contribution in [2.45, 2.75) is 242 Å². The Morgan fingerprint density at radius 3 is 1.68 bits per heavy atom. The van der Waals surface area contributed by atoms with Gasteiger partial charge in [-0.25, -0.2) is 4.18 Å². The summed E-state index contributed by atoms with van der Waals surface area (Å²) in [5, 5.41) is 140. The summed E-state index contributed by atoms with van der Waals surface area (Å²) >= 11 is 0. The van der Waals surface area contributed by atoms with Gasteiger partial charge in [0.05, 0.1) is 37.9 Å². The average molecular weight is 1190 g/mol. The highest BCUT2D eigenvalue weighted by molar-refractivity contribution is 7.80. The molecular weight excluding hydrogens is 1100 g/mol. The molecule has 0 radical (unpaired) electrons. The minimum Gasteiger partial charge on any atom is -0.432 e. The van der Waals surface area contributed by atoms with E-state index in [9.17, 15) is 79.4 Å². The molecule has 0 amide bonds. The summed E-state index contributed by atoms with van der Waals surface area (Å²) in [4.78, 5) is 15.5. The Morgan fingerprint density at radius 2 is 1.09 bits per heavy atom. The maximum absolute atomic E-state index is 15.5. The van der Waals surface area contributed by atoms with Gasteiger partial charge in [-0.1, -0.05) is 60.1 Å². The van der Waals surface area contributed by atoms with Crippen molar-refractivity contribution in [3.8, 4) is 0 Å². The lowest BCUT2D eigenvalue weighted by Crippen LogP contribution is -2.67. The zero-order chi connectivity index (χ0) is 59.5. The second kappa shape index (κ2) is 23.1. The van der Waals surface area contributed by atoms with Crippen LogP contribution in [0, 0.1) is 50.2 Å². The van der Waals surface area contributed by atoms with Crippen LogP contribution in [-0.4, -0.2) is 241 Å². The molecule has 5 aliphatic carbocycles. The fraction of sp³-hybridized carbons (Fsp3) is 0.944. The SMILES string of the molecule is CC1(C)CC[C@@]2(C(=O)O[C@@H]3O[C@H](CO)[C@@H](O)[C@H](O)[C@H]3O[C@@H]3O[C@H](CO)[C@@H](O)[C@H](O)[C@H]3O[C@@H]3O[C@H](CO[C@@H]4O[C@H](CO)[C@@H](O)[C@H](O)[C@H]4O)[C@@H](O)[C@H](O)[C@H]3O)CC[C@]3(C)C(=CC[C@@H]4[C@@]5(C)CC[C@H](OS(=O)(=O)O)C(C)(C)[C@@H]5CC[C@]43C)[C@H]2C1. The molecule has 0 aromatic rings. The molecule has 0 bridgehead atoms. The van der Waals surface area contributed by atoms with Crippen molar-refractivity contribution in [2.75, 3.05) is 26.4 Å². The maximum atomic E-state index is 15.5. The molecule has 27 heteroatoms. The second-order valence-electron chi connectivity index (χ2n) is 26.8. The van der Waals surface area contributed by atoms with Crippen molar-refractivity contribution in [1.29, 1.82) is 0 Å². The van der Waals surface area contributed by atoms with E-state index in [1.54, 1.807) is 0 Å². The number of hydrogen-bond acceptors (Lipinski definition) is 25. The van der Waals surface area contributed by atoms with E-state index < -0.39 is 188 Å². The molecule has 4 aliphatic heterocycles. The molecule has 4 saturated carbocycles. The number of fused-ring (bicyclic) bond motifs is 7. The van der Waals surface area contributed by atoms with Crippen LogP contribution < -0.4 is 0 Å². The van der Waals surface area contributed by atoms with Gasteiger partial charge in [-0.3, -0.25) is 9.35 Å². The first-order chi connectivity index (χ1) is 37.7. The van der Waals surface area contributed by atoms with Gasteiger partial charge in [0.2, 0.25) is 6.29 Å². The lowest BCUT2D eigenvalue weighted by atomic mass is 9.33. The smallest absolute Gasteiger partial charge is 0.397 e. The number of allylic oxidation sites excluding steroid dienone is 2. The molecule has 0 aromatic heterocycles. The Morgan fingerprint density at radius 1 is 0.580 bits per heavy atom. The molecule has 26 nitrogen and oxygen atoms in total. The number of aliphatic hydroxyl groups excluding tert-OH is 13. The van der Waals surface area contributed by atoms with Crippen LogP contribution in [0.15, 0.2) is 11.6 Å². The van der Waals surface area contributed by atoms with Gasteiger partial charge in [0.1, 0.15) is 91.6 Å². The van der Waals surface area contributed by atoms with Crippen LogP contribution in [0.3, 0.4) is 0 Å². The van der Waals surface area contributed by atoms with E-state index in [0.29, 0.717) is 51.4 Å². The number of aliphatic hydroxyl groups is 13. The summed E-state index contributed by atoms with van der Waals surface area (Å²) in [5.41, 5.74) is -1.72. The number of esters is 1. The van der Waals surface area contributed by atoms with Crippen LogP contribution in [0.1, 0.15) is 113 Å². The van der Waals surface area contributed by atoms with E-state index in [4.69, 9.17) is 42.1 Å². The van der Waals surface area contributed by atoms with Gasteiger partial charge in [-0.15, -0.1) is 0 Å². The van der Waals surface area contributed by atoms with Crippen molar-refractivity contribution >= 4 is 16.4 Å². The first kappa shape index (κ1) is 63.8. The van der Waals surface area contributed by atoms with Crippen LogP contribution >= 0.6 is 0 Å². The van der Waals surface area contributed by atoms with Crippen molar-refractivity contribution in [1.82, 2.24) is 0 Å². The Bertz CT molecular complexity index is 2380. The minimum atomic E-state index is -4.69. The van der Waals surface area contributed by atoms with Gasteiger partial charge in [0.15, 0.2) is 25.0 Å². The maximum Gasteiger partial charge on any atom is 0.397 e. The fourth-order valence-corrected chi connectivity index (χ4v) is 17.2. The molecule has 0 unspecified atom stereocenters. The molecule has 0 spiro atoms. The number of hydrogen-bond donors (Lipinski definition) is 14. The fourth-order valence-electron chi connectivity index (χ4n) is 16.6. The average Bonchev–Trinajstić information content (AvgIpc) is 3.56. The third-order valence-corrected chi connectivity index (χ3v) is 22.1. The van der Waals surface area contributed by atoms with Crippen LogP contribution in [0.4, 0.5) is 0 Å². The molecule has 81 heavy (non-hydrogen) atoms. The summed E-state index contributed by atoms with van der Waals surface area (Å²) in [5.74, 6) is -0.805. The van der Waals surface area contributed by atoms with Crippen molar-refractivity contribution < 1.29 is 126 Å². The Labute approximate surface area is 471 Å². The highest BCUT2D eigenvalue weighted by Crippen LogP contribution is 2.76. The topological polar surface area (TPSA) is 418 Å². The summed E-state index contributed by atoms with van der Waals surface area (Å²) in [6.07, 6.45) is -29.6. The Kier molecular flexibility index (Phi) is 18.2. The number of carbonyl (C=O) groups excluding carboxylic acids is 1. The molecule has 466 valence electrons. The predicted molar refractivity (Wildman–Crippen MR) is 273 cm³/mol. The lowest BCUT2D eigenvalue weighted by Gasteiger charge is -2.71. The van der Waals surface area contributed by atoms with E-state index >= 15 is 4.79 Å². The van der Waals surface area contributed by atoms with Gasteiger partial charge in [-0.05, 0) is 109 Å². The lowest BCUT2D eigenvalue weighted by molar-refractivity contribution is -0.393.